The van der Waals surface area contributed by atoms with Crippen molar-refractivity contribution in [2.75, 3.05) is 23.0 Å². The van der Waals surface area contributed by atoms with Gasteiger partial charge >= 0.3 is 0 Å². The number of aryl methyl sites for hydroxylation is 2. The van der Waals surface area contributed by atoms with Crippen molar-refractivity contribution in [2.45, 2.75) is 230 Å². The number of anilines is 6. The van der Waals surface area contributed by atoms with Crippen LogP contribution in [0.4, 0.5) is 34.1 Å². The summed E-state index contributed by atoms with van der Waals surface area (Å²) in [6.45, 7) is 32.9. The van der Waals surface area contributed by atoms with Gasteiger partial charge in [-0.1, -0.05) is 449 Å². The Bertz CT molecular complexity index is 7150. The lowest BCUT2D eigenvalue weighted by Crippen LogP contribution is -2.27. The number of fused-ring (bicyclic) bond motifs is 12. The maximum absolute atomic E-state index is 6.33. The third kappa shape index (κ3) is 19.0. The molecule has 0 spiro atoms. The zero-order valence-electron chi connectivity index (χ0n) is 88.8. The topological polar surface area (TPSA) is 24.9 Å². The fraction of sp³-hybridized carbons (Fsp3) is 0.264. The number of unbranched alkanes of at least 4 members (excludes halogenated alkanes) is 12. The normalized spacial score (nSPS) is 16.4. The summed E-state index contributed by atoms with van der Waals surface area (Å²) in [4.78, 5) is 5.20. The molecule has 17 aromatic rings. The Kier molecular flexibility index (Phi) is 28.7. The van der Waals surface area contributed by atoms with Crippen LogP contribution in [-0.2, 0) is 45.3 Å². The summed E-state index contributed by atoms with van der Waals surface area (Å²) in [7, 11) is 0. The van der Waals surface area contributed by atoms with E-state index in [9.17, 15) is 0 Å². The number of hydrogen-bond donors (Lipinski definition) is 0. The first-order valence-corrected chi connectivity index (χ1v) is 55.2. The van der Waals surface area contributed by atoms with Crippen molar-refractivity contribution in [3.63, 3.8) is 0 Å². The van der Waals surface area contributed by atoms with Gasteiger partial charge in [-0.3, -0.25) is 0 Å². The molecule has 17 aromatic carbocycles. The summed E-state index contributed by atoms with van der Waals surface area (Å²) >= 11 is 0. The fourth-order valence-electron chi connectivity index (χ4n) is 25.4. The van der Waals surface area contributed by atoms with Crippen LogP contribution >= 0.6 is 0 Å². The number of hydrogen-bond acceptors (Lipinski definition) is 4. The van der Waals surface area contributed by atoms with E-state index in [-0.39, 0.29) is 10.8 Å². The highest BCUT2D eigenvalue weighted by molar-refractivity contribution is 5.94. The summed E-state index contributed by atoms with van der Waals surface area (Å²) < 4.78 is 12.7. The van der Waals surface area contributed by atoms with Gasteiger partial charge in [0.15, 0.2) is 0 Å². The lowest BCUT2D eigenvalue weighted by atomic mass is 9.69. The van der Waals surface area contributed by atoms with Crippen molar-refractivity contribution in [3.05, 3.63) is 502 Å². The quantitative estimate of drug-likeness (QED) is 0.0357. The third-order valence-corrected chi connectivity index (χ3v) is 33.6. The zero-order chi connectivity index (χ0) is 102. The molecule has 0 aliphatic heterocycles. The summed E-state index contributed by atoms with van der Waals surface area (Å²) in [5, 5.41) is 0. The van der Waals surface area contributed by atoms with Gasteiger partial charge in [0, 0.05) is 55.8 Å². The average Bonchev–Trinajstić information content (AvgIpc) is 1.54. The lowest BCUT2D eigenvalue weighted by molar-refractivity contribution is 0.303. The molecule has 4 aliphatic carbocycles. The first-order chi connectivity index (χ1) is 72.2. The van der Waals surface area contributed by atoms with E-state index in [1.807, 2.05) is 12.2 Å². The van der Waals surface area contributed by atoms with E-state index in [0.717, 1.165) is 147 Å². The predicted octanol–water partition coefficient (Wildman–Crippen LogP) is 39.4. The molecular weight excluding hydrogens is 1790 g/mol. The Hall–Kier alpha value is -14.6. The molecule has 0 fully saturated rings. The minimum absolute atomic E-state index is 0.0116. The molecule has 742 valence electrons. The van der Waals surface area contributed by atoms with Crippen LogP contribution in [0.25, 0.3) is 78.9 Å². The molecule has 0 aromatic heterocycles. The molecule has 0 bridgehead atoms. The molecular formula is C144H144N2O2. The first kappa shape index (κ1) is 99.4. The fourth-order valence-corrected chi connectivity index (χ4v) is 25.4. The highest BCUT2D eigenvalue weighted by Crippen LogP contribution is 2.62. The van der Waals surface area contributed by atoms with Gasteiger partial charge < -0.3 is 19.3 Å². The van der Waals surface area contributed by atoms with Crippen LogP contribution in [0, 0.1) is 0 Å². The van der Waals surface area contributed by atoms with E-state index < -0.39 is 21.7 Å². The zero-order valence-corrected chi connectivity index (χ0v) is 88.8. The first-order valence-electron chi connectivity index (χ1n) is 55.2. The van der Waals surface area contributed by atoms with Gasteiger partial charge in [0.25, 0.3) is 0 Å². The standard InChI is InChI=1S/C144H144N2O2/c1-13-17-19-27-45-105-95-130(104-65-77-114(78-66-104)146(116-80-88-126-122-52-34-38-56-132(122)142(12,136(126)98-116)110-73-69-108(70-74-110)140(8,9)10)118-82-90-128-124-54-36-40-58-134(124)144(138(128)100-118,112-49-31-26-32-50-112)92-42-22-24-44-94-148-120-85-61-102(16-4)62-86-120)106(46-28-20-18-14-2)96-129(105)103-63-75-113(76-64-103)145(115-79-87-125-121-51-33-37-55-131(121)141(11,135(125)97-115)109-71-67-107(68-72-109)139(5,6)7)117-81-89-127-123-53-35-39-57-133(123)143(137(127)99-117,111-47-29-25-30-48-111)91-41-21-23-43-93-147-119-83-59-101(15-3)60-84-119/h15-16,25-26,29-40,47-90,95-100H,3-4,13-14,17-24,27-28,41-46,91-94H2,1-2,5-12H3. The Morgan fingerprint density at radius 1 is 0.250 bits per heavy atom. The molecule has 148 heavy (non-hydrogen) atoms. The van der Waals surface area contributed by atoms with Crippen molar-refractivity contribution in [2.24, 2.45) is 0 Å². The van der Waals surface area contributed by atoms with Gasteiger partial charge in [-0.05, 0) is 340 Å². The van der Waals surface area contributed by atoms with Gasteiger partial charge in [0.05, 0.1) is 13.2 Å². The number of nitrogens with zero attached hydrogens (tertiary/aromatic N) is 2. The smallest absolute Gasteiger partial charge is 0.119 e. The van der Waals surface area contributed by atoms with Crippen LogP contribution in [0.15, 0.2) is 401 Å². The molecule has 4 aliphatic rings. The molecule has 4 atom stereocenters. The Morgan fingerprint density at radius 2 is 0.547 bits per heavy atom. The number of benzene rings is 17. The van der Waals surface area contributed by atoms with Gasteiger partial charge in [-0.2, -0.15) is 0 Å². The van der Waals surface area contributed by atoms with Crippen LogP contribution in [0.2, 0.25) is 0 Å². The largest absolute Gasteiger partial charge is 0.494 e. The third-order valence-electron chi connectivity index (χ3n) is 33.6. The van der Waals surface area contributed by atoms with Gasteiger partial charge in [-0.15, -0.1) is 0 Å². The maximum Gasteiger partial charge on any atom is 0.119 e. The lowest BCUT2D eigenvalue weighted by Gasteiger charge is -2.35. The second kappa shape index (κ2) is 42.7. The second-order valence-corrected chi connectivity index (χ2v) is 44.7. The van der Waals surface area contributed by atoms with Crippen LogP contribution in [0.1, 0.15) is 285 Å². The van der Waals surface area contributed by atoms with Gasteiger partial charge in [0.2, 0.25) is 0 Å². The van der Waals surface area contributed by atoms with Crippen molar-refractivity contribution < 1.29 is 9.47 Å². The van der Waals surface area contributed by atoms with E-state index in [1.165, 1.54) is 194 Å². The van der Waals surface area contributed by atoms with E-state index in [4.69, 9.17) is 9.47 Å². The van der Waals surface area contributed by atoms with E-state index in [0.29, 0.717) is 13.2 Å². The highest BCUT2D eigenvalue weighted by Gasteiger charge is 2.49. The van der Waals surface area contributed by atoms with E-state index in [1.54, 1.807) is 0 Å². The molecule has 0 saturated heterocycles. The molecule has 4 heteroatoms. The monoisotopic (exact) mass is 1930 g/mol. The summed E-state index contributed by atoms with van der Waals surface area (Å²) in [5.74, 6) is 1.82. The van der Waals surface area contributed by atoms with Gasteiger partial charge in [0.1, 0.15) is 11.5 Å². The molecule has 21 rings (SSSR count). The number of rotatable bonds is 40. The van der Waals surface area contributed by atoms with Gasteiger partial charge in [-0.25, -0.2) is 0 Å². The highest BCUT2D eigenvalue weighted by atomic mass is 16.5. The SMILES string of the molecule is C=Cc1ccc(OCCCCCCC2(c3ccccc3)c3ccccc3-c3ccc(N(c4ccc(-c5cc(CCCCCC)c(-c6ccc(N(c7ccc8c(c7)C(C)(c7ccc(C(C)(C)C)cc7)c7ccccc7-8)c7ccc8c(c7)C(CCCCCCOc7ccc(C=C)cc7)(c7ccccc7)c7ccccc7-8)cc6)cc5CCCCCC)cc4)c4ccc5c(c4)C(C)(c4ccc(C(C)(C)C)cc4)c4ccccc4-5)cc32)cc1. The van der Waals surface area contributed by atoms with Crippen molar-refractivity contribution in [3.8, 4) is 78.3 Å². The predicted molar refractivity (Wildman–Crippen MR) is 628 cm³/mol. The Morgan fingerprint density at radius 3 is 0.892 bits per heavy atom. The minimum Gasteiger partial charge on any atom is -0.494 e. The molecule has 4 nitrogen and oxygen atoms in total. The van der Waals surface area contributed by atoms with Crippen molar-refractivity contribution >= 4 is 46.3 Å². The minimum atomic E-state index is -0.442. The summed E-state index contributed by atoms with van der Waals surface area (Å²) in [6.07, 6.45) is 25.4. The van der Waals surface area contributed by atoms with Crippen LogP contribution in [0.5, 0.6) is 11.5 Å². The maximum atomic E-state index is 6.33. The number of ether oxygens (including phenoxy) is 2. The van der Waals surface area contributed by atoms with Crippen molar-refractivity contribution in [1.29, 1.82) is 0 Å². The van der Waals surface area contributed by atoms with E-state index >= 15 is 0 Å². The summed E-state index contributed by atoms with van der Waals surface area (Å²) in [6, 6.07) is 150. The van der Waals surface area contributed by atoms with Crippen molar-refractivity contribution in [1.82, 2.24) is 0 Å². The Balaban J connectivity index is 0.680. The second-order valence-electron chi connectivity index (χ2n) is 44.7. The van der Waals surface area contributed by atoms with Crippen LogP contribution < -0.4 is 19.3 Å². The van der Waals surface area contributed by atoms with Crippen LogP contribution in [-0.4, -0.2) is 13.2 Å². The molecule has 0 amide bonds. The molecule has 0 N–H and O–H groups in total. The molecule has 0 radical (unpaired) electrons. The molecule has 0 heterocycles. The Labute approximate surface area is 882 Å². The summed E-state index contributed by atoms with van der Waals surface area (Å²) in [5.41, 5.74) is 44.4. The van der Waals surface area contributed by atoms with E-state index in [2.05, 4.69) is 480 Å². The molecule has 4 unspecified atom stereocenters. The average molecular weight is 1930 g/mol. The van der Waals surface area contributed by atoms with Crippen LogP contribution in [0.3, 0.4) is 0 Å². The molecule has 0 saturated carbocycles.